The Bertz CT molecular complexity index is 737. The molecule has 0 aliphatic carbocycles. The fourth-order valence-corrected chi connectivity index (χ4v) is 3.82. The van der Waals surface area contributed by atoms with Crippen molar-refractivity contribution in [1.29, 1.82) is 0 Å². The van der Waals surface area contributed by atoms with Crippen molar-refractivity contribution in [2.24, 2.45) is 0 Å². The molecule has 0 aliphatic rings. The number of hydrogen-bond donors (Lipinski definition) is 0. The minimum atomic E-state index is -1.16. The standard InChI is InChI=1S/C28H42F2N2O/c1-3-5-7-8-9-10-11-12-23-20-31-28(32-21-23)24-14-18-27(19-15-24)33-22-26(30)17-16-25(29)13-6-4-2/h14-15,18-21,25-26H,3-13,16-17,22H2,1-2H3. The number of nitrogens with zero attached hydrogens (tertiary/aromatic N) is 2. The molecule has 2 unspecified atom stereocenters. The van der Waals surface area contributed by atoms with Gasteiger partial charge in [-0.25, -0.2) is 18.7 Å². The molecule has 2 atom stereocenters. The van der Waals surface area contributed by atoms with E-state index in [9.17, 15) is 8.78 Å². The van der Waals surface area contributed by atoms with E-state index in [4.69, 9.17) is 4.74 Å². The van der Waals surface area contributed by atoms with Gasteiger partial charge in [0.05, 0.1) is 0 Å². The van der Waals surface area contributed by atoms with Crippen molar-refractivity contribution in [1.82, 2.24) is 9.97 Å². The van der Waals surface area contributed by atoms with Gasteiger partial charge in [0, 0.05) is 18.0 Å². The number of unbranched alkanes of at least 4 members (excludes halogenated alkanes) is 7. The summed E-state index contributed by atoms with van der Waals surface area (Å²) < 4.78 is 33.2. The molecule has 0 N–H and O–H groups in total. The summed E-state index contributed by atoms with van der Waals surface area (Å²) in [7, 11) is 0. The average molecular weight is 461 g/mol. The highest BCUT2D eigenvalue weighted by atomic mass is 19.1. The van der Waals surface area contributed by atoms with Gasteiger partial charge in [-0.05, 0) is 61.9 Å². The maximum Gasteiger partial charge on any atom is 0.159 e. The predicted molar refractivity (Wildman–Crippen MR) is 133 cm³/mol. The summed E-state index contributed by atoms with van der Waals surface area (Å²) in [6.07, 6.45) is 14.7. The largest absolute Gasteiger partial charge is 0.491 e. The van der Waals surface area contributed by atoms with Crippen LogP contribution in [0.5, 0.6) is 5.75 Å². The van der Waals surface area contributed by atoms with Crippen molar-refractivity contribution < 1.29 is 13.5 Å². The van der Waals surface area contributed by atoms with Crippen molar-refractivity contribution in [2.75, 3.05) is 6.61 Å². The molecule has 0 fully saturated rings. The fourth-order valence-electron chi connectivity index (χ4n) is 3.82. The summed E-state index contributed by atoms with van der Waals surface area (Å²) in [5.74, 6) is 1.27. The average Bonchev–Trinajstić information content (AvgIpc) is 2.85. The Labute approximate surface area is 199 Å². The lowest BCUT2D eigenvalue weighted by molar-refractivity contribution is 0.168. The molecule has 2 rings (SSSR count). The highest BCUT2D eigenvalue weighted by molar-refractivity contribution is 5.55. The normalized spacial score (nSPS) is 13.1. The number of aromatic nitrogens is 2. The van der Waals surface area contributed by atoms with E-state index in [-0.39, 0.29) is 19.4 Å². The van der Waals surface area contributed by atoms with Gasteiger partial charge in [0.2, 0.25) is 0 Å². The van der Waals surface area contributed by atoms with Crippen LogP contribution in [-0.4, -0.2) is 28.9 Å². The van der Waals surface area contributed by atoms with Gasteiger partial charge < -0.3 is 4.74 Å². The molecule has 3 nitrogen and oxygen atoms in total. The lowest BCUT2D eigenvalue weighted by Gasteiger charge is -2.12. The summed E-state index contributed by atoms with van der Waals surface area (Å²) in [6.45, 7) is 4.22. The van der Waals surface area contributed by atoms with Crippen LogP contribution in [0.4, 0.5) is 8.78 Å². The SMILES string of the molecule is CCCCCCCCCc1cnc(-c2ccc(OCC(F)CCC(F)CCCC)cc2)nc1. The molecule has 0 saturated heterocycles. The minimum Gasteiger partial charge on any atom is -0.491 e. The first-order chi connectivity index (χ1) is 16.1. The van der Waals surface area contributed by atoms with Crippen molar-refractivity contribution in [3.05, 3.63) is 42.2 Å². The summed E-state index contributed by atoms with van der Waals surface area (Å²) in [4.78, 5) is 9.01. The van der Waals surface area contributed by atoms with Crippen molar-refractivity contribution in [2.45, 2.75) is 110 Å². The van der Waals surface area contributed by atoms with Crippen LogP contribution in [0.3, 0.4) is 0 Å². The Morgan fingerprint density at radius 2 is 1.33 bits per heavy atom. The van der Waals surface area contributed by atoms with Crippen molar-refractivity contribution in [3.63, 3.8) is 0 Å². The van der Waals surface area contributed by atoms with E-state index in [1.807, 2.05) is 31.5 Å². The lowest BCUT2D eigenvalue weighted by Crippen LogP contribution is -2.15. The van der Waals surface area contributed by atoms with Crippen LogP contribution in [0.2, 0.25) is 0 Å². The number of alkyl halides is 2. The van der Waals surface area contributed by atoms with Gasteiger partial charge in [-0.3, -0.25) is 0 Å². The molecule has 5 heteroatoms. The first-order valence-corrected chi connectivity index (χ1v) is 12.9. The van der Waals surface area contributed by atoms with Gasteiger partial charge in [0.1, 0.15) is 24.7 Å². The number of aryl methyl sites for hydroxylation is 1. The zero-order valence-corrected chi connectivity index (χ0v) is 20.6. The Hall–Kier alpha value is -2.04. The number of benzene rings is 1. The molecular weight excluding hydrogens is 418 g/mol. The number of hydrogen-bond acceptors (Lipinski definition) is 3. The molecule has 1 aromatic heterocycles. The number of rotatable bonds is 18. The van der Waals surface area contributed by atoms with E-state index in [1.54, 1.807) is 12.1 Å². The second kappa shape index (κ2) is 16.6. The van der Waals surface area contributed by atoms with Gasteiger partial charge in [-0.2, -0.15) is 0 Å². The highest BCUT2D eigenvalue weighted by Crippen LogP contribution is 2.21. The molecule has 0 aliphatic heterocycles. The predicted octanol–water partition coefficient (Wildman–Crippen LogP) is 8.46. The summed E-state index contributed by atoms with van der Waals surface area (Å²) in [5, 5.41) is 0. The van der Waals surface area contributed by atoms with Crippen molar-refractivity contribution in [3.8, 4) is 17.1 Å². The Kier molecular flexibility index (Phi) is 13.6. The number of halogens is 2. The third kappa shape index (κ3) is 11.6. The maximum absolute atomic E-state index is 14.0. The van der Waals surface area contributed by atoms with E-state index in [0.29, 0.717) is 18.0 Å². The van der Waals surface area contributed by atoms with Gasteiger partial charge in [0.25, 0.3) is 0 Å². The Morgan fingerprint density at radius 1 is 0.727 bits per heavy atom. The molecule has 1 aromatic carbocycles. The minimum absolute atomic E-state index is 0.0519. The molecule has 0 spiro atoms. The molecule has 33 heavy (non-hydrogen) atoms. The second-order valence-corrected chi connectivity index (χ2v) is 9.04. The molecule has 0 radical (unpaired) electrons. The Balaban J connectivity index is 1.69. The van der Waals surface area contributed by atoms with Crippen LogP contribution in [0.25, 0.3) is 11.4 Å². The van der Waals surface area contributed by atoms with Crippen LogP contribution in [0, 0.1) is 0 Å². The molecule has 0 amide bonds. The van der Waals surface area contributed by atoms with E-state index < -0.39 is 12.3 Å². The highest BCUT2D eigenvalue weighted by Gasteiger charge is 2.13. The van der Waals surface area contributed by atoms with Gasteiger partial charge in [-0.15, -0.1) is 0 Å². The van der Waals surface area contributed by atoms with Crippen LogP contribution >= 0.6 is 0 Å². The summed E-state index contributed by atoms with van der Waals surface area (Å²) >= 11 is 0. The molecule has 184 valence electrons. The zero-order valence-electron chi connectivity index (χ0n) is 20.6. The van der Waals surface area contributed by atoms with Gasteiger partial charge in [-0.1, -0.05) is 65.2 Å². The van der Waals surface area contributed by atoms with Crippen LogP contribution in [-0.2, 0) is 6.42 Å². The third-order valence-corrected chi connectivity index (χ3v) is 5.98. The molecule has 1 heterocycles. The van der Waals surface area contributed by atoms with E-state index in [2.05, 4.69) is 16.9 Å². The molecule has 0 bridgehead atoms. The van der Waals surface area contributed by atoms with Crippen molar-refractivity contribution >= 4 is 0 Å². The van der Waals surface area contributed by atoms with Crippen LogP contribution < -0.4 is 4.74 Å². The topological polar surface area (TPSA) is 35.0 Å². The summed E-state index contributed by atoms with van der Waals surface area (Å²) in [5.41, 5.74) is 2.07. The smallest absolute Gasteiger partial charge is 0.159 e. The first-order valence-electron chi connectivity index (χ1n) is 12.9. The van der Waals surface area contributed by atoms with Gasteiger partial charge >= 0.3 is 0 Å². The number of ether oxygens (including phenoxy) is 1. The third-order valence-electron chi connectivity index (χ3n) is 5.98. The maximum atomic E-state index is 14.0. The molecule has 0 saturated carbocycles. The monoisotopic (exact) mass is 460 g/mol. The summed E-state index contributed by atoms with van der Waals surface area (Å²) in [6, 6.07) is 7.38. The van der Waals surface area contributed by atoms with Gasteiger partial charge in [0.15, 0.2) is 5.82 Å². The van der Waals surface area contributed by atoms with Crippen LogP contribution in [0.1, 0.15) is 96.5 Å². The van der Waals surface area contributed by atoms with E-state index in [0.717, 1.165) is 24.8 Å². The lowest BCUT2D eigenvalue weighted by atomic mass is 10.1. The Morgan fingerprint density at radius 3 is 2.00 bits per heavy atom. The fraction of sp³-hybridized carbons (Fsp3) is 0.643. The molecular formula is C28H42F2N2O. The van der Waals surface area contributed by atoms with Crippen LogP contribution in [0.15, 0.2) is 36.7 Å². The van der Waals surface area contributed by atoms with E-state index >= 15 is 0 Å². The quantitative estimate of drug-likeness (QED) is 0.209. The van der Waals surface area contributed by atoms with E-state index in [1.165, 1.54) is 50.5 Å². The first kappa shape index (κ1) is 27.2. The second-order valence-electron chi connectivity index (χ2n) is 9.04. The zero-order chi connectivity index (χ0) is 23.7. The molecule has 2 aromatic rings.